The van der Waals surface area contributed by atoms with Crippen molar-refractivity contribution in [2.45, 2.75) is 32.7 Å². The minimum atomic E-state index is 0.192. The maximum absolute atomic E-state index is 5.55. The van der Waals surface area contributed by atoms with Crippen molar-refractivity contribution in [3.05, 3.63) is 22.4 Å². The molecule has 1 aromatic rings. The van der Waals surface area contributed by atoms with E-state index in [4.69, 9.17) is 4.74 Å². The molecule has 1 aromatic heterocycles. The first-order chi connectivity index (χ1) is 7.08. The second-order valence-corrected chi connectivity index (χ2v) is 5.65. The summed E-state index contributed by atoms with van der Waals surface area (Å²) in [7, 11) is 0. The van der Waals surface area contributed by atoms with Crippen molar-refractivity contribution in [3.63, 3.8) is 0 Å². The lowest BCUT2D eigenvalue weighted by atomic mass is 10.1. The SMILES string of the molecule is CC(C)(C)NCCOCCc1cccs1. The molecule has 0 fully saturated rings. The fourth-order valence-electron chi connectivity index (χ4n) is 1.23. The molecule has 0 unspecified atom stereocenters. The van der Waals surface area contributed by atoms with E-state index < -0.39 is 0 Å². The van der Waals surface area contributed by atoms with Crippen molar-refractivity contribution in [1.29, 1.82) is 0 Å². The zero-order valence-corrected chi connectivity index (χ0v) is 10.7. The fraction of sp³-hybridized carbons (Fsp3) is 0.667. The van der Waals surface area contributed by atoms with Crippen LogP contribution in [0.25, 0.3) is 0 Å². The van der Waals surface area contributed by atoms with Gasteiger partial charge in [0.1, 0.15) is 0 Å². The molecule has 1 rings (SSSR count). The highest BCUT2D eigenvalue weighted by molar-refractivity contribution is 7.09. The van der Waals surface area contributed by atoms with Crippen LogP contribution in [0.1, 0.15) is 25.6 Å². The number of ether oxygens (including phenoxy) is 1. The summed E-state index contributed by atoms with van der Waals surface area (Å²) in [6, 6.07) is 4.24. The highest BCUT2D eigenvalue weighted by Crippen LogP contribution is 2.08. The number of nitrogens with one attached hydrogen (secondary N) is 1. The molecule has 0 radical (unpaired) electrons. The Hall–Kier alpha value is -0.380. The Morgan fingerprint density at radius 3 is 2.73 bits per heavy atom. The van der Waals surface area contributed by atoms with Gasteiger partial charge < -0.3 is 10.1 Å². The van der Waals surface area contributed by atoms with E-state index in [0.717, 1.165) is 26.2 Å². The molecule has 1 heterocycles. The van der Waals surface area contributed by atoms with Crippen molar-refractivity contribution in [2.75, 3.05) is 19.8 Å². The summed E-state index contributed by atoms with van der Waals surface area (Å²) in [4.78, 5) is 1.40. The standard InChI is InChI=1S/C12H21NOS/c1-12(2,3)13-7-9-14-8-6-11-5-4-10-15-11/h4-5,10,13H,6-9H2,1-3H3. The quantitative estimate of drug-likeness (QED) is 0.754. The van der Waals surface area contributed by atoms with Gasteiger partial charge in [0.15, 0.2) is 0 Å². The molecule has 86 valence electrons. The average molecular weight is 227 g/mol. The van der Waals surface area contributed by atoms with Crippen LogP contribution in [0.4, 0.5) is 0 Å². The van der Waals surface area contributed by atoms with Crippen LogP contribution in [0.5, 0.6) is 0 Å². The summed E-state index contributed by atoms with van der Waals surface area (Å²) in [6.07, 6.45) is 1.03. The van der Waals surface area contributed by atoms with Gasteiger partial charge in [0.25, 0.3) is 0 Å². The molecular weight excluding hydrogens is 206 g/mol. The molecule has 0 saturated carbocycles. The van der Waals surface area contributed by atoms with Crippen molar-refractivity contribution in [2.24, 2.45) is 0 Å². The topological polar surface area (TPSA) is 21.3 Å². The van der Waals surface area contributed by atoms with Crippen LogP contribution in [0.15, 0.2) is 17.5 Å². The van der Waals surface area contributed by atoms with Gasteiger partial charge in [0.05, 0.1) is 13.2 Å². The highest BCUT2D eigenvalue weighted by Gasteiger charge is 2.06. The van der Waals surface area contributed by atoms with E-state index >= 15 is 0 Å². The average Bonchev–Trinajstić information content (AvgIpc) is 2.61. The van der Waals surface area contributed by atoms with E-state index in [1.54, 1.807) is 11.3 Å². The van der Waals surface area contributed by atoms with Gasteiger partial charge in [-0.05, 0) is 32.2 Å². The van der Waals surface area contributed by atoms with Crippen molar-refractivity contribution in [1.82, 2.24) is 5.32 Å². The molecule has 0 bridgehead atoms. The van der Waals surface area contributed by atoms with Crippen molar-refractivity contribution >= 4 is 11.3 Å². The number of thiophene rings is 1. The molecule has 15 heavy (non-hydrogen) atoms. The van der Waals surface area contributed by atoms with Gasteiger partial charge in [-0.3, -0.25) is 0 Å². The molecule has 3 heteroatoms. The fourth-order valence-corrected chi connectivity index (χ4v) is 1.92. The third-order valence-electron chi connectivity index (χ3n) is 1.97. The number of hydrogen-bond donors (Lipinski definition) is 1. The lowest BCUT2D eigenvalue weighted by Crippen LogP contribution is -2.38. The minimum Gasteiger partial charge on any atom is -0.380 e. The van der Waals surface area contributed by atoms with Crippen LogP contribution in [0.2, 0.25) is 0 Å². The molecule has 0 atom stereocenters. The Morgan fingerprint density at radius 2 is 2.13 bits per heavy atom. The van der Waals surface area contributed by atoms with E-state index in [-0.39, 0.29) is 5.54 Å². The Bertz CT molecular complexity index is 251. The Kier molecular flexibility index (Phi) is 5.29. The predicted molar refractivity (Wildman–Crippen MR) is 66.6 cm³/mol. The molecule has 0 amide bonds. The minimum absolute atomic E-state index is 0.192. The second kappa shape index (κ2) is 6.26. The molecule has 0 spiro atoms. The molecule has 0 aromatic carbocycles. The molecule has 2 nitrogen and oxygen atoms in total. The third kappa shape index (κ3) is 6.66. The predicted octanol–water partition coefficient (Wildman–Crippen LogP) is 2.70. The molecule has 0 aliphatic carbocycles. The van der Waals surface area contributed by atoms with Crippen LogP contribution < -0.4 is 5.32 Å². The summed E-state index contributed by atoms with van der Waals surface area (Å²) in [6.45, 7) is 9.04. The van der Waals surface area contributed by atoms with E-state index in [1.165, 1.54) is 4.88 Å². The molecule has 0 saturated heterocycles. The van der Waals surface area contributed by atoms with Gasteiger partial charge in [0.2, 0.25) is 0 Å². The Morgan fingerprint density at radius 1 is 1.33 bits per heavy atom. The highest BCUT2D eigenvalue weighted by atomic mass is 32.1. The monoisotopic (exact) mass is 227 g/mol. The first-order valence-electron chi connectivity index (χ1n) is 5.43. The summed E-state index contributed by atoms with van der Waals surface area (Å²) in [5.74, 6) is 0. The van der Waals surface area contributed by atoms with Crippen LogP contribution >= 0.6 is 11.3 Å². The number of rotatable bonds is 6. The van der Waals surface area contributed by atoms with Crippen LogP contribution in [-0.2, 0) is 11.2 Å². The van der Waals surface area contributed by atoms with Crippen LogP contribution in [-0.4, -0.2) is 25.3 Å². The Balaban J connectivity index is 1.94. The Labute approximate surface area is 96.7 Å². The van der Waals surface area contributed by atoms with Crippen molar-refractivity contribution < 1.29 is 4.74 Å². The molecule has 0 aliphatic rings. The first kappa shape index (κ1) is 12.7. The van der Waals surface area contributed by atoms with Crippen LogP contribution in [0, 0.1) is 0 Å². The largest absolute Gasteiger partial charge is 0.380 e. The van der Waals surface area contributed by atoms with Gasteiger partial charge >= 0.3 is 0 Å². The summed E-state index contributed by atoms with van der Waals surface area (Å²) >= 11 is 1.80. The van der Waals surface area contributed by atoms with Gasteiger partial charge in [0, 0.05) is 23.4 Å². The van der Waals surface area contributed by atoms with Gasteiger partial charge in [-0.15, -0.1) is 11.3 Å². The zero-order chi connectivity index (χ0) is 11.1. The van der Waals surface area contributed by atoms with Gasteiger partial charge in [-0.1, -0.05) is 6.07 Å². The summed E-state index contributed by atoms with van der Waals surface area (Å²) in [5, 5.41) is 5.50. The lowest BCUT2D eigenvalue weighted by Gasteiger charge is -2.20. The van der Waals surface area contributed by atoms with E-state index in [9.17, 15) is 0 Å². The maximum atomic E-state index is 5.55. The van der Waals surface area contributed by atoms with E-state index in [2.05, 4.69) is 43.6 Å². The number of hydrogen-bond acceptors (Lipinski definition) is 3. The molecule has 1 N–H and O–H groups in total. The molecule has 0 aliphatic heterocycles. The summed E-state index contributed by atoms with van der Waals surface area (Å²) in [5.41, 5.74) is 0.192. The lowest BCUT2D eigenvalue weighted by molar-refractivity contribution is 0.134. The van der Waals surface area contributed by atoms with Crippen molar-refractivity contribution in [3.8, 4) is 0 Å². The van der Waals surface area contributed by atoms with Gasteiger partial charge in [-0.25, -0.2) is 0 Å². The first-order valence-corrected chi connectivity index (χ1v) is 6.31. The third-order valence-corrected chi connectivity index (χ3v) is 2.91. The van der Waals surface area contributed by atoms with E-state index in [0.29, 0.717) is 0 Å². The normalized spacial score (nSPS) is 11.9. The maximum Gasteiger partial charge on any atom is 0.0591 e. The van der Waals surface area contributed by atoms with Gasteiger partial charge in [-0.2, -0.15) is 0 Å². The van der Waals surface area contributed by atoms with E-state index in [1.807, 2.05) is 0 Å². The molecular formula is C12H21NOS. The smallest absolute Gasteiger partial charge is 0.0591 e. The second-order valence-electron chi connectivity index (χ2n) is 4.62. The zero-order valence-electron chi connectivity index (χ0n) is 9.88. The van der Waals surface area contributed by atoms with Crippen LogP contribution in [0.3, 0.4) is 0 Å². The summed E-state index contributed by atoms with van der Waals surface area (Å²) < 4.78 is 5.55.